The van der Waals surface area contributed by atoms with Crippen molar-refractivity contribution >= 4 is 39.9 Å². The maximum atomic E-state index is 13.8. The molecule has 12 heteroatoms. The highest BCUT2D eigenvalue weighted by molar-refractivity contribution is 9.10. The zero-order chi connectivity index (χ0) is 31.1. The van der Waals surface area contributed by atoms with E-state index in [4.69, 9.17) is 22.5 Å². The third-order valence-corrected chi connectivity index (χ3v) is 7.06. The largest absolute Gasteiger partial charge is 0.496 e. The Morgan fingerprint density at radius 2 is 1.19 bits per heavy atom. The van der Waals surface area contributed by atoms with E-state index in [9.17, 15) is 17.6 Å². The van der Waals surface area contributed by atoms with E-state index >= 15 is 0 Å². The van der Waals surface area contributed by atoms with Crippen LogP contribution in [0.1, 0.15) is 27.7 Å². The molecule has 0 radical (unpaired) electrons. The van der Waals surface area contributed by atoms with Gasteiger partial charge in [0.25, 0.3) is 0 Å². The van der Waals surface area contributed by atoms with Gasteiger partial charge in [-0.1, -0.05) is 18.2 Å². The molecule has 0 N–H and O–H groups in total. The van der Waals surface area contributed by atoms with Gasteiger partial charge in [-0.3, -0.25) is 9.97 Å². The summed E-state index contributed by atoms with van der Waals surface area (Å²) in [7, 11) is -0.767. The molecule has 0 unspecified atom stereocenters. The first kappa shape index (κ1) is 32.4. The van der Waals surface area contributed by atoms with Gasteiger partial charge in [-0.25, -0.2) is 27.3 Å². The second kappa shape index (κ2) is 13.7. The van der Waals surface area contributed by atoms with Crippen LogP contribution in [0.3, 0.4) is 0 Å². The Morgan fingerprint density at radius 3 is 1.69 bits per heavy atom. The number of rotatable bonds is 2. The van der Waals surface area contributed by atoms with E-state index in [0.717, 1.165) is 12.1 Å². The molecule has 0 amide bonds. The van der Waals surface area contributed by atoms with Crippen molar-refractivity contribution in [2.24, 2.45) is 0 Å². The third-order valence-electron chi connectivity index (χ3n) is 6.48. The molecule has 42 heavy (non-hydrogen) atoms. The van der Waals surface area contributed by atoms with Gasteiger partial charge in [0.1, 0.15) is 23.3 Å². The molecular weight excluding hydrogens is 615 g/mol. The summed E-state index contributed by atoms with van der Waals surface area (Å²) < 4.78 is 64.8. The molecule has 4 aromatic rings. The lowest BCUT2D eigenvalue weighted by molar-refractivity contribution is 0.00578. The lowest BCUT2D eigenvalue weighted by Crippen LogP contribution is -2.41. The number of pyridine rings is 2. The van der Waals surface area contributed by atoms with E-state index in [0.29, 0.717) is 10.2 Å². The highest BCUT2D eigenvalue weighted by atomic mass is 79.9. The number of hydrogen-bond donors (Lipinski definition) is 0. The van der Waals surface area contributed by atoms with Gasteiger partial charge in [0, 0.05) is 41.4 Å². The van der Waals surface area contributed by atoms with Gasteiger partial charge in [-0.05, 0) is 74.0 Å². The third kappa shape index (κ3) is 7.80. The van der Waals surface area contributed by atoms with Gasteiger partial charge in [0.15, 0.2) is 11.4 Å². The van der Waals surface area contributed by atoms with Gasteiger partial charge in [0.05, 0.1) is 28.8 Å². The predicted molar refractivity (Wildman–Crippen MR) is 156 cm³/mol. The molecule has 1 aliphatic rings. The quantitative estimate of drug-likeness (QED) is 0.126. The van der Waals surface area contributed by atoms with Crippen LogP contribution in [-0.2, 0) is 9.31 Å². The molecule has 5 rings (SSSR count). The van der Waals surface area contributed by atoms with Crippen molar-refractivity contribution in [2.45, 2.75) is 38.9 Å². The van der Waals surface area contributed by atoms with Crippen LogP contribution < -0.4 is 5.46 Å². The highest BCUT2D eigenvalue weighted by Gasteiger charge is 2.52. The molecule has 0 aliphatic carbocycles. The summed E-state index contributed by atoms with van der Waals surface area (Å²) in [5.41, 5.74) is 0.00342. The van der Waals surface area contributed by atoms with Crippen LogP contribution in [0.15, 0.2) is 77.8 Å². The van der Waals surface area contributed by atoms with Gasteiger partial charge in [0.2, 0.25) is 0 Å². The molecular formula is C30H24BBrF4N4O2. The molecule has 0 bridgehead atoms. The van der Waals surface area contributed by atoms with Crippen molar-refractivity contribution in [2.75, 3.05) is 0 Å². The Morgan fingerprint density at radius 1 is 0.690 bits per heavy atom. The molecule has 0 saturated carbocycles. The Hall–Kier alpha value is -4.10. The second-order valence-corrected chi connectivity index (χ2v) is 10.7. The molecule has 6 nitrogen and oxygen atoms in total. The van der Waals surface area contributed by atoms with E-state index in [2.05, 4.69) is 35.6 Å². The lowest BCUT2D eigenvalue weighted by atomic mass is 9.78. The average molecular weight is 639 g/mol. The summed E-state index contributed by atoms with van der Waals surface area (Å²) in [6.45, 7) is 21.4. The van der Waals surface area contributed by atoms with E-state index in [1.54, 1.807) is 0 Å². The molecule has 214 valence electrons. The fourth-order valence-electron chi connectivity index (χ4n) is 3.47. The average Bonchev–Trinajstić information content (AvgIpc) is 3.18. The zero-order valence-electron chi connectivity index (χ0n) is 23.0. The van der Waals surface area contributed by atoms with Crippen LogP contribution in [0.4, 0.5) is 28.9 Å². The first-order valence-corrected chi connectivity index (χ1v) is 13.1. The van der Waals surface area contributed by atoms with Crippen LogP contribution in [0.25, 0.3) is 20.8 Å². The molecule has 1 saturated heterocycles. The summed E-state index contributed by atoms with van der Waals surface area (Å²) in [5, 5.41) is 0. The van der Waals surface area contributed by atoms with Crippen molar-refractivity contribution in [3.05, 3.63) is 124 Å². The Balaban J connectivity index is 0.000000185. The monoisotopic (exact) mass is 638 g/mol. The summed E-state index contributed by atoms with van der Waals surface area (Å²) in [6, 6.07) is 10.4. The highest BCUT2D eigenvalue weighted by Crippen LogP contribution is 2.37. The SMILES string of the molecule is Fc1ccncc1Br.[C-]#[N+]c1ccc(F)c(-c2cnccc2F)c1.[C-]#[N+]c1ccc(F)c(B2OC(C)(C)C(C)(C)O2)c1. The molecule has 3 heterocycles. The van der Waals surface area contributed by atoms with Crippen molar-refractivity contribution in [1.29, 1.82) is 0 Å². The van der Waals surface area contributed by atoms with Gasteiger partial charge in [-0.15, -0.1) is 0 Å². The minimum atomic E-state index is -0.767. The summed E-state index contributed by atoms with van der Waals surface area (Å²) in [4.78, 5) is 13.8. The first-order chi connectivity index (χ1) is 19.8. The van der Waals surface area contributed by atoms with Crippen LogP contribution in [0.2, 0.25) is 0 Å². The summed E-state index contributed by atoms with van der Waals surface area (Å²) in [5.74, 6) is -1.82. The molecule has 2 aromatic heterocycles. The van der Waals surface area contributed by atoms with Gasteiger partial charge >= 0.3 is 7.12 Å². The first-order valence-electron chi connectivity index (χ1n) is 12.3. The standard InChI is InChI=1S/C13H15BFNO2.C12H6F2N2.C5H3BrFN/c1-12(2)13(3,4)18-14(17-12)10-8-9(16-5)6-7-11(10)15;1-15-8-2-3-11(13)9(6-8)10-7-16-5-4-12(10)14;6-4-3-8-2-1-5(4)7/h6-8H,1-4H3;2-7H;1-3H. The van der Waals surface area contributed by atoms with Crippen molar-refractivity contribution < 1.29 is 26.9 Å². The minimum Gasteiger partial charge on any atom is -0.399 e. The lowest BCUT2D eigenvalue weighted by Gasteiger charge is -2.32. The number of nitrogens with zero attached hydrogens (tertiary/aromatic N) is 4. The van der Waals surface area contributed by atoms with Crippen LogP contribution >= 0.6 is 15.9 Å². The van der Waals surface area contributed by atoms with E-state index in [1.807, 2.05) is 27.7 Å². The predicted octanol–water partition coefficient (Wildman–Crippen LogP) is 8.24. The summed E-state index contributed by atoms with van der Waals surface area (Å²) >= 11 is 2.96. The van der Waals surface area contributed by atoms with E-state index in [1.165, 1.54) is 61.2 Å². The van der Waals surface area contributed by atoms with E-state index < -0.39 is 35.8 Å². The van der Waals surface area contributed by atoms with Crippen LogP contribution in [0.5, 0.6) is 0 Å². The Labute approximate surface area is 250 Å². The van der Waals surface area contributed by atoms with Crippen molar-refractivity contribution in [3.63, 3.8) is 0 Å². The topological polar surface area (TPSA) is 53.0 Å². The maximum Gasteiger partial charge on any atom is 0.496 e. The Bertz CT molecular complexity index is 1620. The number of aromatic nitrogens is 2. The molecule has 1 aliphatic heterocycles. The fraction of sp³-hybridized carbons (Fsp3) is 0.200. The molecule has 0 atom stereocenters. The molecule has 1 fully saturated rings. The van der Waals surface area contributed by atoms with E-state index in [-0.39, 0.29) is 28.1 Å². The molecule has 0 spiro atoms. The Kier molecular flexibility index (Phi) is 10.6. The van der Waals surface area contributed by atoms with Gasteiger partial charge in [-0.2, -0.15) is 0 Å². The smallest absolute Gasteiger partial charge is 0.399 e. The minimum absolute atomic E-state index is 0.0547. The second-order valence-electron chi connectivity index (χ2n) is 9.83. The fourth-order valence-corrected chi connectivity index (χ4v) is 3.72. The zero-order valence-corrected chi connectivity index (χ0v) is 24.6. The number of benzene rings is 2. The van der Waals surface area contributed by atoms with Crippen LogP contribution in [0, 0.1) is 36.4 Å². The van der Waals surface area contributed by atoms with Crippen LogP contribution in [-0.4, -0.2) is 28.3 Å². The maximum absolute atomic E-state index is 13.8. The number of hydrogen-bond acceptors (Lipinski definition) is 4. The number of halogens is 5. The van der Waals surface area contributed by atoms with Gasteiger partial charge < -0.3 is 9.31 Å². The van der Waals surface area contributed by atoms with Crippen molar-refractivity contribution in [1.82, 2.24) is 9.97 Å². The molecule has 2 aromatic carbocycles. The normalized spacial score (nSPS) is 14.4. The van der Waals surface area contributed by atoms with Crippen molar-refractivity contribution in [3.8, 4) is 11.1 Å². The summed E-state index contributed by atoms with van der Waals surface area (Å²) in [6.07, 6.45) is 5.34.